The first-order valence-corrected chi connectivity index (χ1v) is 6.12. The fourth-order valence-electron chi connectivity index (χ4n) is 2.21. The maximum Gasteiger partial charge on any atom is 0.417 e. The van der Waals surface area contributed by atoms with E-state index in [9.17, 15) is 4.79 Å². The van der Waals surface area contributed by atoms with Crippen molar-refractivity contribution in [1.82, 2.24) is 15.0 Å². The van der Waals surface area contributed by atoms with Crippen LogP contribution < -0.4 is 11.5 Å². The van der Waals surface area contributed by atoms with Gasteiger partial charge < -0.3 is 15.1 Å². The van der Waals surface area contributed by atoms with Gasteiger partial charge in [0, 0.05) is 5.56 Å². The lowest BCUT2D eigenvalue weighted by atomic mass is 10.1. The highest BCUT2D eigenvalue weighted by molar-refractivity contribution is 5.78. The zero-order chi connectivity index (χ0) is 13.0. The van der Waals surface area contributed by atoms with Crippen molar-refractivity contribution in [2.75, 3.05) is 0 Å². The minimum Gasteiger partial charge on any atom is -0.408 e. The van der Waals surface area contributed by atoms with Crippen molar-refractivity contribution in [1.29, 1.82) is 0 Å². The summed E-state index contributed by atoms with van der Waals surface area (Å²) in [7, 11) is 0. The van der Waals surface area contributed by atoms with Crippen molar-refractivity contribution in [3.63, 3.8) is 0 Å². The number of fused-ring (bicyclic) bond motifs is 1. The molecular formula is C13H12N4O2. The molecule has 0 saturated heterocycles. The van der Waals surface area contributed by atoms with Crippen molar-refractivity contribution < 1.29 is 4.42 Å². The quantitative estimate of drug-likeness (QED) is 0.646. The molecule has 0 aliphatic heterocycles. The van der Waals surface area contributed by atoms with E-state index in [0.29, 0.717) is 11.1 Å². The molecule has 0 spiro atoms. The topological polar surface area (TPSA) is 101 Å². The predicted octanol–water partition coefficient (Wildman–Crippen LogP) is 1.46. The van der Waals surface area contributed by atoms with E-state index in [2.05, 4.69) is 15.0 Å². The molecule has 4 N–H and O–H groups in total. The Hall–Kier alpha value is -2.34. The highest BCUT2D eigenvalue weighted by Crippen LogP contribution is 2.41. The third kappa shape index (κ3) is 1.61. The molecule has 96 valence electrons. The third-order valence-corrected chi connectivity index (χ3v) is 3.57. The van der Waals surface area contributed by atoms with E-state index in [1.54, 1.807) is 12.3 Å². The second kappa shape index (κ2) is 3.36. The number of nitrogens with two attached hydrogens (primary N) is 1. The Morgan fingerprint density at radius 2 is 2.16 bits per heavy atom. The molecule has 1 aromatic carbocycles. The molecule has 1 fully saturated rings. The number of nitrogens with zero attached hydrogens (tertiary/aromatic N) is 1. The van der Waals surface area contributed by atoms with Crippen LogP contribution in [0.15, 0.2) is 33.6 Å². The number of rotatable bonds is 2. The number of nitrogens with one attached hydrogen (secondary N) is 2. The molecule has 19 heavy (non-hydrogen) atoms. The van der Waals surface area contributed by atoms with Crippen molar-refractivity contribution in [2.45, 2.75) is 18.4 Å². The third-order valence-electron chi connectivity index (χ3n) is 3.57. The fraction of sp³-hybridized carbons (Fsp3) is 0.231. The van der Waals surface area contributed by atoms with Crippen LogP contribution in [0, 0.1) is 0 Å². The summed E-state index contributed by atoms with van der Waals surface area (Å²) in [6, 6.07) is 5.52. The van der Waals surface area contributed by atoms with Crippen molar-refractivity contribution in [3.8, 4) is 11.3 Å². The lowest BCUT2D eigenvalue weighted by Gasteiger charge is -2.03. The first kappa shape index (κ1) is 10.6. The molecule has 2 heterocycles. The van der Waals surface area contributed by atoms with Gasteiger partial charge >= 0.3 is 5.76 Å². The maximum atomic E-state index is 11.1. The first-order valence-electron chi connectivity index (χ1n) is 6.12. The largest absolute Gasteiger partial charge is 0.417 e. The van der Waals surface area contributed by atoms with Gasteiger partial charge in [-0.1, -0.05) is 6.07 Å². The van der Waals surface area contributed by atoms with Gasteiger partial charge in [-0.3, -0.25) is 4.98 Å². The van der Waals surface area contributed by atoms with Gasteiger partial charge in [0.2, 0.25) is 0 Å². The van der Waals surface area contributed by atoms with E-state index in [4.69, 9.17) is 10.2 Å². The number of hydrogen-bond acceptors (Lipinski definition) is 4. The van der Waals surface area contributed by atoms with Gasteiger partial charge in [-0.05, 0) is 25.0 Å². The molecule has 0 bridgehead atoms. The maximum absolute atomic E-state index is 11.1. The normalized spacial score (nSPS) is 16.9. The van der Waals surface area contributed by atoms with Crippen LogP contribution in [0.3, 0.4) is 0 Å². The number of oxazole rings is 1. The Morgan fingerprint density at radius 3 is 2.95 bits per heavy atom. The van der Waals surface area contributed by atoms with Gasteiger partial charge in [0.1, 0.15) is 5.82 Å². The molecule has 1 aliphatic rings. The number of hydrogen-bond donors (Lipinski definition) is 3. The Morgan fingerprint density at radius 1 is 1.32 bits per heavy atom. The Balaban J connectivity index is 1.80. The summed E-state index contributed by atoms with van der Waals surface area (Å²) in [4.78, 5) is 21.3. The van der Waals surface area contributed by atoms with E-state index >= 15 is 0 Å². The number of H-pyrrole nitrogens is 2. The highest BCUT2D eigenvalue weighted by atomic mass is 16.4. The monoisotopic (exact) mass is 256 g/mol. The molecule has 1 aliphatic carbocycles. The van der Waals surface area contributed by atoms with Crippen LogP contribution in [0.4, 0.5) is 0 Å². The van der Waals surface area contributed by atoms with Gasteiger partial charge in [0.05, 0.1) is 22.9 Å². The van der Waals surface area contributed by atoms with E-state index in [0.717, 1.165) is 29.9 Å². The van der Waals surface area contributed by atoms with Gasteiger partial charge in [-0.25, -0.2) is 9.78 Å². The summed E-state index contributed by atoms with van der Waals surface area (Å²) in [5.41, 5.74) is 8.83. The molecule has 0 unspecified atom stereocenters. The van der Waals surface area contributed by atoms with Crippen molar-refractivity contribution >= 4 is 11.1 Å². The van der Waals surface area contributed by atoms with E-state index in [1.807, 2.05) is 12.1 Å². The van der Waals surface area contributed by atoms with Gasteiger partial charge in [-0.15, -0.1) is 0 Å². The van der Waals surface area contributed by atoms with E-state index in [-0.39, 0.29) is 5.54 Å². The Labute approximate surface area is 107 Å². The summed E-state index contributed by atoms with van der Waals surface area (Å²) in [5.74, 6) is 0.370. The van der Waals surface area contributed by atoms with E-state index in [1.165, 1.54) is 0 Å². The molecular weight excluding hydrogens is 244 g/mol. The average Bonchev–Trinajstić information content (AvgIpc) is 2.85. The second-order valence-corrected chi connectivity index (χ2v) is 5.03. The Kier molecular flexibility index (Phi) is 1.87. The molecule has 4 rings (SSSR count). The predicted molar refractivity (Wildman–Crippen MR) is 69.5 cm³/mol. The number of imidazole rings is 1. The van der Waals surface area contributed by atoms with Crippen LogP contribution in [0.5, 0.6) is 0 Å². The van der Waals surface area contributed by atoms with Crippen LogP contribution in [0.2, 0.25) is 0 Å². The summed E-state index contributed by atoms with van der Waals surface area (Å²) in [5, 5.41) is 0. The molecule has 6 nitrogen and oxygen atoms in total. The summed E-state index contributed by atoms with van der Waals surface area (Å²) < 4.78 is 5.05. The first-order chi connectivity index (χ1) is 9.14. The van der Waals surface area contributed by atoms with Crippen LogP contribution in [0.1, 0.15) is 18.7 Å². The van der Waals surface area contributed by atoms with Crippen LogP contribution in [0.25, 0.3) is 22.4 Å². The van der Waals surface area contributed by atoms with Gasteiger partial charge in [0.25, 0.3) is 0 Å². The summed E-state index contributed by atoms with van der Waals surface area (Å²) in [6.07, 6.45) is 3.69. The summed E-state index contributed by atoms with van der Waals surface area (Å²) in [6.45, 7) is 0. The molecule has 6 heteroatoms. The molecule has 3 aromatic rings. The summed E-state index contributed by atoms with van der Waals surface area (Å²) >= 11 is 0. The number of benzene rings is 1. The number of aromatic nitrogens is 3. The molecule has 2 aromatic heterocycles. The Bertz CT molecular complexity index is 822. The SMILES string of the molecule is NC1(c2ncc(-c3ccc4[nH]c(=O)oc4c3)[nH]2)CC1. The van der Waals surface area contributed by atoms with Crippen molar-refractivity contribution in [2.24, 2.45) is 5.73 Å². The minimum atomic E-state index is -0.448. The zero-order valence-corrected chi connectivity index (χ0v) is 10.1. The van der Waals surface area contributed by atoms with Gasteiger partial charge in [0.15, 0.2) is 5.58 Å². The van der Waals surface area contributed by atoms with E-state index < -0.39 is 5.76 Å². The average molecular weight is 256 g/mol. The smallest absolute Gasteiger partial charge is 0.408 e. The van der Waals surface area contributed by atoms with Crippen molar-refractivity contribution in [3.05, 3.63) is 40.8 Å². The van der Waals surface area contributed by atoms with Gasteiger partial charge in [-0.2, -0.15) is 0 Å². The fourth-order valence-corrected chi connectivity index (χ4v) is 2.21. The molecule has 0 radical (unpaired) electrons. The number of aromatic amines is 2. The van der Waals surface area contributed by atoms with Crippen LogP contribution in [-0.4, -0.2) is 15.0 Å². The lowest BCUT2D eigenvalue weighted by Crippen LogP contribution is -2.20. The second-order valence-electron chi connectivity index (χ2n) is 5.03. The lowest BCUT2D eigenvalue weighted by molar-refractivity contribution is 0.555. The standard InChI is InChI=1S/C13H12N4O2/c14-13(3-4-13)11-15-6-9(16-11)7-1-2-8-10(5-7)19-12(18)17-8/h1-2,5-6H,3-4,14H2,(H,15,16)(H,17,18). The molecule has 0 amide bonds. The molecule has 1 saturated carbocycles. The minimum absolute atomic E-state index is 0.275. The van der Waals surface area contributed by atoms with Crippen LogP contribution in [-0.2, 0) is 5.54 Å². The van der Waals surface area contributed by atoms with Crippen LogP contribution >= 0.6 is 0 Å². The highest BCUT2D eigenvalue weighted by Gasteiger charge is 2.42. The zero-order valence-electron chi connectivity index (χ0n) is 10.1. The molecule has 0 atom stereocenters.